The molecule has 2 aromatic rings. The Bertz CT molecular complexity index is 572. The van der Waals surface area contributed by atoms with E-state index in [1.807, 2.05) is 59.5 Å². The van der Waals surface area contributed by atoms with Crippen LogP contribution in [-0.4, -0.2) is 17.6 Å². The highest BCUT2D eigenvalue weighted by Gasteiger charge is 2.09. The van der Waals surface area contributed by atoms with Crippen molar-refractivity contribution in [3.8, 4) is 0 Å². The zero-order chi connectivity index (χ0) is 14.4. The number of benzene rings is 2. The predicted octanol–water partition coefficient (Wildman–Crippen LogP) is 3.82. The maximum absolute atomic E-state index is 10.8. The zero-order valence-corrected chi connectivity index (χ0v) is 11.8. The maximum Gasteiger partial charge on any atom is 0.305 e. The minimum absolute atomic E-state index is 0.107. The molecule has 0 saturated heterocycles. The lowest BCUT2D eigenvalue weighted by Gasteiger charge is -2.24. The van der Waals surface area contributed by atoms with Crippen LogP contribution >= 0.6 is 11.6 Å². The van der Waals surface area contributed by atoms with Crippen molar-refractivity contribution in [2.75, 3.05) is 11.4 Å². The van der Waals surface area contributed by atoms with E-state index in [0.717, 1.165) is 11.3 Å². The predicted molar refractivity (Wildman–Crippen MR) is 81.2 cm³/mol. The fourth-order valence-corrected chi connectivity index (χ4v) is 2.24. The van der Waals surface area contributed by atoms with Gasteiger partial charge in [0, 0.05) is 23.8 Å². The van der Waals surface area contributed by atoms with Crippen LogP contribution in [-0.2, 0) is 11.3 Å². The SMILES string of the molecule is O=C(O)CCN(Cc1cccc(Cl)c1)c1ccccc1. The zero-order valence-electron chi connectivity index (χ0n) is 11.0. The van der Waals surface area contributed by atoms with E-state index >= 15 is 0 Å². The van der Waals surface area contributed by atoms with Crippen LogP contribution in [0.4, 0.5) is 5.69 Å². The third kappa shape index (κ3) is 4.28. The van der Waals surface area contributed by atoms with Gasteiger partial charge in [0.2, 0.25) is 0 Å². The monoisotopic (exact) mass is 289 g/mol. The van der Waals surface area contributed by atoms with Crippen LogP contribution in [0.25, 0.3) is 0 Å². The molecule has 2 aromatic carbocycles. The Morgan fingerprint density at radius 1 is 1.10 bits per heavy atom. The highest BCUT2D eigenvalue weighted by Crippen LogP contribution is 2.19. The minimum atomic E-state index is -0.794. The van der Waals surface area contributed by atoms with E-state index in [2.05, 4.69) is 0 Å². The van der Waals surface area contributed by atoms with Gasteiger partial charge in [-0.25, -0.2) is 0 Å². The van der Waals surface area contributed by atoms with E-state index in [1.54, 1.807) is 0 Å². The summed E-state index contributed by atoms with van der Waals surface area (Å²) in [6, 6.07) is 17.4. The number of para-hydroxylation sites is 1. The number of aliphatic carboxylic acids is 1. The van der Waals surface area contributed by atoms with Crippen molar-refractivity contribution in [3.05, 3.63) is 65.2 Å². The molecule has 0 aliphatic heterocycles. The Morgan fingerprint density at radius 3 is 2.50 bits per heavy atom. The van der Waals surface area contributed by atoms with E-state index < -0.39 is 5.97 Å². The van der Waals surface area contributed by atoms with Crippen molar-refractivity contribution in [1.29, 1.82) is 0 Å². The molecule has 3 nitrogen and oxygen atoms in total. The van der Waals surface area contributed by atoms with Crippen molar-refractivity contribution in [3.63, 3.8) is 0 Å². The molecule has 0 fully saturated rings. The van der Waals surface area contributed by atoms with E-state index in [-0.39, 0.29) is 6.42 Å². The molecule has 0 heterocycles. The Morgan fingerprint density at radius 2 is 1.85 bits per heavy atom. The molecule has 0 amide bonds. The molecule has 0 aromatic heterocycles. The second-order valence-electron chi connectivity index (χ2n) is 4.53. The lowest BCUT2D eigenvalue weighted by atomic mass is 10.2. The van der Waals surface area contributed by atoms with E-state index in [0.29, 0.717) is 18.1 Å². The summed E-state index contributed by atoms with van der Waals surface area (Å²) in [5, 5.41) is 9.56. The number of hydrogen-bond donors (Lipinski definition) is 1. The van der Waals surface area contributed by atoms with Gasteiger partial charge in [0.15, 0.2) is 0 Å². The van der Waals surface area contributed by atoms with Crippen molar-refractivity contribution >= 4 is 23.3 Å². The Balaban J connectivity index is 2.16. The van der Waals surface area contributed by atoms with E-state index in [9.17, 15) is 4.79 Å². The van der Waals surface area contributed by atoms with Crippen LogP contribution in [0.1, 0.15) is 12.0 Å². The first-order chi connectivity index (χ1) is 9.65. The lowest BCUT2D eigenvalue weighted by Crippen LogP contribution is -2.25. The first kappa shape index (κ1) is 14.4. The number of nitrogens with zero attached hydrogens (tertiary/aromatic N) is 1. The molecule has 0 aliphatic rings. The van der Waals surface area contributed by atoms with Gasteiger partial charge in [-0.2, -0.15) is 0 Å². The lowest BCUT2D eigenvalue weighted by molar-refractivity contribution is -0.136. The Labute approximate surface area is 123 Å². The van der Waals surface area contributed by atoms with Crippen molar-refractivity contribution in [2.24, 2.45) is 0 Å². The van der Waals surface area contributed by atoms with Gasteiger partial charge in [-0.3, -0.25) is 4.79 Å². The number of carbonyl (C=O) groups is 1. The van der Waals surface area contributed by atoms with Crippen molar-refractivity contribution in [2.45, 2.75) is 13.0 Å². The second-order valence-corrected chi connectivity index (χ2v) is 4.97. The van der Waals surface area contributed by atoms with Gasteiger partial charge in [-0.05, 0) is 29.8 Å². The normalized spacial score (nSPS) is 10.2. The first-order valence-electron chi connectivity index (χ1n) is 6.41. The van der Waals surface area contributed by atoms with Crippen LogP contribution in [0, 0.1) is 0 Å². The maximum atomic E-state index is 10.8. The summed E-state index contributed by atoms with van der Waals surface area (Å²) in [6.07, 6.45) is 0.107. The van der Waals surface area contributed by atoms with Crippen LogP contribution in [0.5, 0.6) is 0 Å². The van der Waals surface area contributed by atoms with Gasteiger partial charge >= 0.3 is 5.97 Å². The molecular weight excluding hydrogens is 274 g/mol. The third-order valence-corrected chi connectivity index (χ3v) is 3.21. The van der Waals surface area contributed by atoms with Gasteiger partial charge in [0.1, 0.15) is 0 Å². The molecular formula is C16H16ClNO2. The van der Waals surface area contributed by atoms with Gasteiger partial charge in [0.05, 0.1) is 6.42 Å². The highest BCUT2D eigenvalue weighted by atomic mass is 35.5. The van der Waals surface area contributed by atoms with E-state index in [1.165, 1.54) is 0 Å². The van der Waals surface area contributed by atoms with Gasteiger partial charge in [-0.1, -0.05) is 41.9 Å². The molecule has 0 unspecified atom stereocenters. The third-order valence-electron chi connectivity index (χ3n) is 2.98. The Hall–Kier alpha value is -2.00. The number of carboxylic acids is 1. The summed E-state index contributed by atoms with van der Waals surface area (Å²) in [5.41, 5.74) is 2.07. The van der Waals surface area contributed by atoms with Crippen LogP contribution in [0.3, 0.4) is 0 Å². The largest absolute Gasteiger partial charge is 0.481 e. The van der Waals surface area contributed by atoms with E-state index in [4.69, 9.17) is 16.7 Å². The summed E-state index contributed by atoms with van der Waals surface area (Å²) < 4.78 is 0. The summed E-state index contributed by atoms with van der Waals surface area (Å²) in [5.74, 6) is -0.794. The summed E-state index contributed by atoms with van der Waals surface area (Å²) >= 11 is 5.99. The quantitative estimate of drug-likeness (QED) is 0.879. The molecule has 20 heavy (non-hydrogen) atoms. The molecule has 104 valence electrons. The molecule has 0 saturated carbocycles. The molecule has 0 atom stereocenters. The summed E-state index contributed by atoms with van der Waals surface area (Å²) in [7, 11) is 0. The fraction of sp³-hybridized carbons (Fsp3) is 0.188. The van der Waals surface area contributed by atoms with Crippen molar-refractivity contribution < 1.29 is 9.90 Å². The average Bonchev–Trinajstić information content (AvgIpc) is 2.44. The molecule has 1 N–H and O–H groups in total. The van der Waals surface area contributed by atoms with Crippen LogP contribution in [0.2, 0.25) is 5.02 Å². The number of anilines is 1. The highest BCUT2D eigenvalue weighted by molar-refractivity contribution is 6.30. The second kappa shape index (κ2) is 6.96. The van der Waals surface area contributed by atoms with Gasteiger partial charge < -0.3 is 10.0 Å². The van der Waals surface area contributed by atoms with Gasteiger partial charge in [-0.15, -0.1) is 0 Å². The molecule has 0 spiro atoms. The van der Waals surface area contributed by atoms with Crippen LogP contribution in [0.15, 0.2) is 54.6 Å². The average molecular weight is 290 g/mol. The fourth-order valence-electron chi connectivity index (χ4n) is 2.02. The molecule has 0 radical (unpaired) electrons. The summed E-state index contributed by atoms with van der Waals surface area (Å²) in [6.45, 7) is 1.10. The molecule has 0 bridgehead atoms. The van der Waals surface area contributed by atoms with Crippen molar-refractivity contribution in [1.82, 2.24) is 0 Å². The number of halogens is 1. The molecule has 2 rings (SSSR count). The number of hydrogen-bond acceptors (Lipinski definition) is 2. The minimum Gasteiger partial charge on any atom is -0.481 e. The topological polar surface area (TPSA) is 40.5 Å². The summed E-state index contributed by atoms with van der Waals surface area (Å²) in [4.78, 5) is 12.8. The molecule has 4 heteroatoms. The number of carboxylic acid groups (broad SMARTS) is 1. The number of rotatable bonds is 6. The smallest absolute Gasteiger partial charge is 0.305 e. The standard InChI is InChI=1S/C16H16ClNO2/c17-14-6-4-5-13(11-14)12-18(10-9-16(19)20)15-7-2-1-3-8-15/h1-8,11H,9-10,12H2,(H,19,20). The molecule has 0 aliphatic carbocycles. The van der Waals surface area contributed by atoms with Gasteiger partial charge in [0.25, 0.3) is 0 Å². The Kier molecular flexibility index (Phi) is 5.02. The van der Waals surface area contributed by atoms with Crippen LogP contribution < -0.4 is 4.90 Å². The first-order valence-corrected chi connectivity index (χ1v) is 6.79.